The highest BCUT2D eigenvalue weighted by Crippen LogP contribution is 2.21. The molecule has 2 N–H and O–H groups in total. The third kappa shape index (κ3) is 1.14. The molecule has 0 fully saturated rings. The normalized spacial score (nSPS) is 10.7. The SMILES string of the molecule is O=C(O)c1cc2c(F)ccc(F)c2[nH]1. The molecule has 5 heteroatoms. The van der Waals surface area contributed by atoms with Crippen LogP contribution in [0.25, 0.3) is 10.9 Å². The fraction of sp³-hybridized carbons (Fsp3) is 0. The molecule has 0 aliphatic carbocycles. The number of carboxylic acids is 1. The molecule has 2 aromatic rings. The molecule has 0 spiro atoms. The monoisotopic (exact) mass is 197 g/mol. The van der Waals surface area contributed by atoms with Gasteiger partial charge in [-0.1, -0.05) is 0 Å². The Morgan fingerprint density at radius 2 is 1.93 bits per heavy atom. The summed E-state index contributed by atoms with van der Waals surface area (Å²) in [5.74, 6) is -2.57. The summed E-state index contributed by atoms with van der Waals surface area (Å²) in [7, 11) is 0. The van der Waals surface area contributed by atoms with E-state index in [0.29, 0.717) is 0 Å². The van der Waals surface area contributed by atoms with Crippen molar-refractivity contribution >= 4 is 16.9 Å². The molecule has 1 heterocycles. The molecule has 0 aliphatic heterocycles. The summed E-state index contributed by atoms with van der Waals surface area (Å²) in [5, 5.41) is 8.54. The van der Waals surface area contributed by atoms with Crippen molar-refractivity contribution in [2.75, 3.05) is 0 Å². The van der Waals surface area contributed by atoms with Gasteiger partial charge in [0.2, 0.25) is 0 Å². The van der Waals surface area contributed by atoms with Gasteiger partial charge in [-0.2, -0.15) is 0 Å². The molecular formula is C9H5F2NO2. The summed E-state index contributed by atoms with van der Waals surface area (Å²) in [5.41, 5.74) is -0.355. The molecule has 1 aromatic carbocycles. The molecule has 0 aliphatic rings. The largest absolute Gasteiger partial charge is 0.477 e. The maximum absolute atomic E-state index is 13.1. The van der Waals surface area contributed by atoms with Gasteiger partial charge in [0.1, 0.15) is 17.3 Å². The zero-order valence-corrected chi connectivity index (χ0v) is 6.84. The number of halogens is 2. The fourth-order valence-corrected chi connectivity index (χ4v) is 1.27. The van der Waals surface area contributed by atoms with Gasteiger partial charge in [-0.05, 0) is 18.2 Å². The number of aromatic carboxylic acids is 1. The number of benzene rings is 1. The van der Waals surface area contributed by atoms with Gasteiger partial charge in [0.15, 0.2) is 0 Å². The van der Waals surface area contributed by atoms with Crippen LogP contribution in [0.3, 0.4) is 0 Å². The summed E-state index contributed by atoms with van der Waals surface area (Å²) >= 11 is 0. The molecule has 0 atom stereocenters. The van der Waals surface area contributed by atoms with Gasteiger partial charge >= 0.3 is 5.97 Å². The average Bonchev–Trinajstić information content (AvgIpc) is 2.57. The molecule has 1 aromatic heterocycles. The summed E-state index contributed by atoms with van der Waals surface area (Å²) < 4.78 is 26.1. The number of hydrogen-bond donors (Lipinski definition) is 2. The lowest BCUT2D eigenvalue weighted by Gasteiger charge is -1.92. The topological polar surface area (TPSA) is 53.1 Å². The van der Waals surface area contributed by atoms with E-state index in [1.165, 1.54) is 0 Å². The number of carbonyl (C=O) groups is 1. The van der Waals surface area contributed by atoms with Gasteiger partial charge in [0, 0.05) is 5.39 Å². The van der Waals surface area contributed by atoms with E-state index in [0.717, 1.165) is 18.2 Å². The van der Waals surface area contributed by atoms with Gasteiger partial charge in [0.05, 0.1) is 5.52 Å². The molecule has 0 bridgehead atoms. The number of aromatic nitrogens is 1. The van der Waals surface area contributed by atoms with E-state index in [2.05, 4.69) is 4.98 Å². The summed E-state index contributed by atoms with van der Waals surface area (Å²) in [6, 6.07) is 2.97. The van der Waals surface area contributed by atoms with E-state index in [1.54, 1.807) is 0 Å². The summed E-state index contributed by atoms with van der Waals surface area (Å²) in [4.78, 5) is 12.8. The number of aromatic amines is 1. The Morgan fingerprint density at radius 3 is 2.50 bits per heavy atom. The van der Waals surface area contributed by atoms with Crippen molar-refractivity contribution in [2.24, 2.45) is 0 Å². The van der Waals surface area contributed by atoms with Crippen molar-refractivity contribution in [3.63, 3.8) is 0 Å². The van der Waals surface area contributed by atoms with Crippen molar-refractivity contribution in [2.45, 2.75) is 0 Å². The number of fused-ring (bicyclic) bond motifs is 1. The lowest BCUT2D eigenvalue weighted by Crippen LogP contribution is -1.95. The maximum atomic E-state index is 13.1. The Balaban J connectivity index is 2.82. The van der Waals surface area contributed by atoms with Crippen LogP contribution in [0.2, 0.25) is 0 Å². The van der Waals surface area contributed by atoms with E-state index in [-0.39, 0.29) is 16.6 Å². The molecular weight excluding hydrogens is 192 g/mol. The lowest BCUT2D eigenvalue weighted by atomic mass is 10.2. The molecule has 3 nitrogen and oxygen atoms in total. The van der Waals surface area contributed by atoms with Gasteiger partial charge in [0.25, 0.3) is 0 Å². The van der Waals surface area contributed by atoms with Crippen LogP contribution < -0.4 is 0 Å². The van der Waals surface area contributed by atoms with Crippen LogP contribution in [0.1, 0.15) is 10.5 Å². The van der Waals surface area contributed by atoms with Crippen LogP contribution >= 0.6 is 0 Å². The number of H-pyrrole nitrogens is 1. The van der Waals surface area contributed by atoms with Gasteiger partial charge in [-0.25, -0.2) is 13.6 Å². The number of nitrogens with one attached hydrogen (secondary N) is 1. The third-order valence-electron chi connectivity index (χ3n) is 1.92. The molecule has 0 amide bonds. The highest BCUT2D eigenvalue weighted by molar-refractivity contribution is 5.94. The van der Waals surface area contributed by atoms with Crippen LogP contribution in [0, 0.1) is 11.6 Å². The minimum absolute atomic E-state index is 0.0533. The summed E-state index contributed by atoms with van der Waals surface area (Å²) in [6.07, 6.45) is 0. The maximum Gasteiger partial charge on any atom is 0.352 e. The number of hydrogen-bond acceptors (Lipinski definition) is 1. The van der Waals surface area contributed by atoms with Gasteiger partial charge < -0.3 is 10.1 Å². The third-order valence-corrected chi connectivity index (χ3v) is 1.92. The van der Waals surface area contributed by atoms with Crippen molar-refractivity contribution in [1.82, 2.24) is 4.98 Å². The predicted octanol–water partition coefficient (Wildman–Crippen LogP) is 2.14. The highest BCUT2D eigenvalue weighted by Gasteiger charge is 2.13. The molecule has 14 heavy (non-hydrogen) atoms. The van der Waals surface area contributed by atoms with Crippen molar-refractivity contribution in [1.29, 1.82) is 0 Å². The second-order valence-electron chi connectivity index (χ2n) is 2.81. The van der Waals surface area contributed by atoms with Gasteiger partial charge in [-0.3, -0.25) is 0 Å². The van der Waals surface area contributed by atoms with E-state index in [1.807, 2.05) is 0 Å². The lowest BCUT2D eigenvalue weighted by molar-refractivity contribution is 0.0691. The Bertz CT molecular complexity index is 480. The van der Waals surface area contributed by atoms with Crippen molar-refractivity contribution < 1.29 is 18.7 Å². The Morgan fingerprint density at radius 1 is 1.29 bits per heavy atom. The first-order valence-electron chi connectivity index (χ1n) is 3.79. The van der Waals surface area contributed by atoms with Crippen LogP contribution in [0.15, 0.2) is 18.2 Å². The molecule has 0 unspecified atom stereocenters. The smallest absolute Gasteiger partial charge is 0.352 e. The zero-order chi connectivity index (χ0) is 10.3. The minimum atomic E-state index is -1.25. The van der Waals surface area contributed by atoms with E-state index < -0.39 is 17.6 Å². The first kappa shape index (κ1) is 8.68. The van der Waals surface area contributed by atoms with Crippen LogP contribution in [0.4, 0.5) is 8.78 Å². The molecule has 0 saturated heterocycles. The first-order valence-corrected chi connectivity index (χ1v) is 3.79. The Hall–Kier alpha value is -1.91. The van der Waals surface area contributed by atoms with Crippen molar-refractivity contribution in [3.05, 3.63) is 35.5 Å². The zero-order valence-electron chi connectivity index (χ0n) is 6.84. The van der Waals surface area contributed by atoms with Crippen LogP contribution in [-0.4, -0.2) is 16.1 Å². The molecule has 0 radical (unpaired) electrons. The van der Waals surface area contributed by atoms with Crippen LogP contribution in [0.5, 0.6) is 0 Å². The number of carboxylic acid groups (broad SMARTS) is 1. The molecule has 2 rings (SSSR count). The standard InChI is InChI=1S/C9H5F2NO2/c10-5-1-2-6(11)8-4(5)3-7(12-8)9(13)14/h1-3,12H,(H,13,14). The second-order valence-corrected chi connectivity index (χ2v) is 2.81. The highest BCUT2D eigenvalue weighted by atomic mass is 19.1. The summed E-state index contributed by atoms with van der Waals surface area (Å²) in [6.45, 7) is 0. The van der Waals surface area contributed by atoms with Crippen molar-refractivity contribution in [3.8, 4) is 0 Å². The van der Waals surface area contributed by atoms with Gasteiger partial charge in [-0.15, -0.1) is 0 Å². The minimum Gasteiger partial charge on any atom is -0.477 e. The van der Waals surface area contributed by atoms with Crippen LogP contribution in [-0.2, 0) is 0 Å². The molecule has 72 valence electrons. The molecule has 0 saturated carbocycles. The Kier molecular flexibility index (Phi) is 1.73. The fourth-order valence-electron chi connectivity index (χ4n) is 1.27. The average molecular weight is 197 g/mol. The van der Waals surface area contributed by atoms with E-state index in [4.69, 9.17) is 5.11 Å². The Labute approximate surface area is 77.0 Å². The van der Waals surface area contributed by atoms with E-state index >= 15 is 0 Å². The van der Waals surface area contributed by atoms with E-state index in [9.17, 15) is 13.6 Å². The first-order chi connectivity index (χ1) is 6.59. The second kappa shape index (κ2) is 2.80. The quantitative estimate of drug-likeness (QED) is 0.735. The number of rotatable bonds is 1. The predicted molar refractivity (Wildman–Crippen MR) is 45.2 cm³/mol.